The van der Waals surface area contributed by atoms with Crippen molar-refractivity contribution in [3.05, 3.63) is 0 Å². The van der Waals surface area contributed by atoms with Crippen molar-refractivity contribution in [3.63, 3.8) is 0 Å². The van der Waals surface area contributed by atoms with Gasteiger partial charge in [-0.2, -0.15) is 0 Å². The summed E-state index contributed by atoms with van der Waals surface area (Å²) in [5, 5.41) is 0. The van der Waals surface area contributed by atoms with E-state index in [0.29, 0.717) is 5.78 Å². The number of hydrogen-bond donors (Lipinski definition) is 0. The SMILES string of the molecule is CCC1CCCCC1C1CCCCC(=O)C1. The van der Waals surface area contributed by atoms with Crippen molar-refractivity contribution in [3.8, 4) is 0 Å². The van der Waals surface area contributed by atoms with Gasteiger partial charge in [-0.15, -0.1) is 0 Å². The fraction of sp³-hybridized carbons (Fsp3) is 0.933. The standard InChI is InChI=1S/C15H26O/c1-2-12-7-4-6-10-15(12)13-8-3-5-9-14(16)11-13/h12-13,15H,2-11H2,1H3. The van der Waals surface area contributed by atoms with E-state index in [0.717, 1.165) is 37.0 Å². The molecule has 3 unspecified atom stereocenters. The average molecular weight is 222 g/mol. The topological polar surface area (TPSA) is 17.1 Å². The quantitative estimate of drug-likeness (QED) is 0.635. The lowest BCUT2D eigenvalue weighted by atomic mass is 9.69. The molecule has 1 nitrogen and oxygen atoms in total. The molecule has 2 fully saturated rings. The van der Waals surface area contributed by atoms with E-state index in [9.17, 15) is 4.79 Å². The van der Waals surface area contributed by atoms with Gasteiger partial charge in [0, 0.05) is 12.8 Å². The lowest BCUT2D eigenvalue weighted by Gasteiger charge is -2.36. The van der Waals surface area contributed by atoms with Crippen LogP contribution in [0.25, 0.3) is 0 Å². The maximum atomic E-state index is 11.7. The first-order chi connectivity index (χ1) is 7.81. The van der Waals surface area contributed by atoms with Gasteiger partial charge in [0.2, 0.25) is 0 Å². The summed E-state index contributed by atoms with van der Waals surface area (Å²) in [4.78, 5) is 11.7. The Morgan fingerprint density at radius 3 is 2.62 bits per heavy atom. The van der Waals surface area contributed by atoms with E-state index in [2.05, 4.69) is 6.92 Å². The molecule has 1 heteroatoms. The minimum Gasteiger partial charge on any atom is -0.300 e. The number of carbonyl (C=O) groups is 1. The molecule has 0 bridgehead atoms. The highest BCUT2D eigenvalue weighted by Crippen LogP contribution is 2.41. The van der Waals surface area contributed by atoms with Crippen LogP contribution in [0, 0.1) is 17.8 Å². The van der Waals surface area contributed by atoms with Crippen molar-refractivity contribution < 1.29 is 4.79 Å². The summed E-state index contributed by atoms with van der Waals surface area (Å²) >= 11 is 0. The second kappa shape index (κ2) is 5.84. The first-order valence-electron chi connectivity index (χ1n) is 7.33. The first-order valence-corrected chi connectivity index (χ1v) is 7.33. The van der Waals surface area contributed by atoms with Crippen molar-refractivity contribution in [2.45, 2.75) is 71.1 Å². The summed E-state index contributed by atoms with van der Waals surface area (Å²) in [6, 6.07) is 0. The molecule has 16 heavy (non-hydrogen) atoms. The highest BCUT2D eigenvalue weighted by atomic mass is 16.1. The molecule has 2 aliphatic carbocycles. The Labute approximate surface area is 100.0 Å². The summed E-state index contributed by atoms with van der Waals surface area (Å²) in [7, 11) is 0. The number of carbonyl (C=O) groups excluding carboxylic acids is 1. The molecule has 2 saturated carbocycles. The van der Waals surface area contributed by atoms with Gasteiger partial charge in [-0.05, 0) is 37.0 Å². The Morgan fingerprint density at radius 1 is 1.06 bits per heavy atom. The number of hydrogen-bond acceptors (Lipinski definition) is 1. The van der Waals surface area contributed by atoms with Gasteiger partial charge in [-0.3, -0.25) is 4.79 Å². The summed E-state index contributed by atoms with van der Waals surface area (Å²) in [6.07, 6.45) is 12.5. The third-order valence-electron chi connectivity index (χ3n) is 4.87. The predicted octanol–water partition coefficient (Wildman–Crippen LogP) is 4.35. The van der Waals surface area contributed by atoms with Crippen LogP contribution >= 0.6 is 0 Å². The summed E-state index contributed by atoms with van der Waals surface area (Å²) in [5.41, 5.74) is 0. The van der Waals surface area contributed by atoms with Crippen molar-refractivity contribution in [2.24, 2.45) is 17.8 Å². The van der Waals surface area contributed by atoms with Crippen LogP contribution in [0.5, 0.6) is 0 Å². The van der Waals surface area contributed by atoms with Gasteiger partial charge in [0.25, 0.3) is 0 Å². The summed E-state index contributed by atoms with van der Waals surface area (Å²) in [6.45, 7) is 2.33. The molecule has 0 aromatic rings. The molecule has 0 aromatic carbocycles. The van der Waals surface area contributed by atoms with E-state index in [-0.39, 0.29) is 0 Å². The zero-order valence-electron chi connectivity index (χ0n) is 10.7. The van der Waals surface area contributed by atoms with Gasteiger partial charge >= 0.3 is 0 Å². The molecule has 0 radical (unpaired) electrons. The molecule has 2 rings (SSSR count). The van der Waals surface area contributed by atoms with Crippen LogP contribution in [0.1, 0.15) is 71.1 Å². The molecule has 0 amide bonds. The van der Waals surface area contributed by atoms with E-state index in [1.165, 1.54) is 44.9 Å². The Kier molecular flexibility index (Phi) is 4.43. The Morgan fingerprint density at radius 2 is 1.81 bits per heavy atom. The fourth-order valence-corrected chi connectivity index (χ4v) is 3.95. The second-order valence-electron chi connectivity index (χ2n) is 5.87. The lowest BCUT2D eigenvalue weighted by molar-refractivity contribution is -0.120. The smallest absolute Gasteiger partial charge is 0.133 e. The van der Waals surface area contributed by atoms with E-state index >= 15 is 0 Å². The molecule has 2 aliphatic rings. The fourth-order valence-electron chi connectivity index (χ4n) is 3.95. The second-order valence-corrected chi connectivity index (χ2v) is 5.87. The maximum absolute atomic E-state index is 11.7. The molecule has 0 heterocycles. The van der Waals surface area contributed by atoms with E-state index in [1.54, 1.807) is 0 Å². The molecule has 3 atom stereocenters. The average Bonchev–Trinajstić information content (AvgIpc) is 2.54. The number of ketones is 1. The van der Waals surface area contributed by atoms with Crippen LogP contribution in [-0.4, -0.2) is 5.78 Å². The molecule has 0 saturated heterocycles. The first kappa shape index (κ1) is 12.1. The highest BCUT2D eigenvalue weighted by molar-refractivity contribution is 5.78. The zero-order chi connectivity index (χ0) is 11.4. The van der Waals surface area contributed by atoms with Gasteiger partial charge < -0.3 is 0 Å². The zero-order valence-corrected chi connectivity index (χ0v) is 10.7. The number of Topliss-reactive ketones (excluding diaryl/α,β-unsaturated/α-hetero) is 1. The van der Waals surface area contributed by atoms with Gasteiger partial charge in [-0.1, -0.05) is 39.0 Å². The van der Waals surface area contributed by atoms with E-state index < -0.39 is 0 Å². The van der Waals surface area contributed by atoms with E-state index in [1.807, 2.05) is 0 Å². The maximum Gasteiger partial charge on any atom is 0.133 e. The van der Waals surface area contributed by atoms with Crippen LogP contribution < -0.4 is 0 Å². The monoisotopic (exact) mass is 222 g/mol. The molecule has 0 N–H and O–H groups in total. The van der Waals surface area contributed by atoms with Crippen molar-refractivity contribution in [1.82, 2.24) is 0 Å². The highest BCUT2D eigenvalue weighted by Gasteiger charge is 2.32. The largest absolute Gasteiger partial charge is 0.300 e. The molecular formula is C15H26O. The Bertz CT molecular complexity index is 234. The Hall–Kier alpha value is -0.330. The molecule has 92 valence electrons. The summed E-state index contributed by atoms with van der Waals surface area (Å²) < 4.78 is 0. The third kappa shape index (κ3) is 2.87. The van der Waals surface area contributed by atoms with Crippen molar-refractivity contribution >= 4 is 5.78 Å². The minimum atomic E-state index is 0.544. The summed E-state index contributed by atoms with van der Waals surface area (Å²) in [5.74, 6) is 3.08. The van der Waals surface area contributed by atoms with Crippen molar-refractivity contribution in [2.75, 3.05) is 0 Å². The van der Waals surface area contributed by atoms with Gasteiger partial charge in [0.1, 0.15) is 5.78 Å². The molecule has 0 aromatic heterocycles. The van der Waals surface area contributed by atoms with E-state index in [4.69, 9.17) is 0 Å². The normalized spacial score (nSPS) is 37.1. The van der Waals surface area contributed by atoms with Gasteiger partial charge in [0.15, 0.2) is 0 Å². The molecule has 0 spiro atoms. The van der Waals surface area contributed by atoms with Crippen LogP contribution in [0.2, 0.25) is 0 Å². The van der Waals surface area contributed by atoms with Crippen LogP contribution in [0.4, 0.5) is 0 Å². The Balaban J connectivity index is 1.99. The predicted molar refractivity (Wildman–Crippen MR) is 67.3 cm³/mol. The van der Waals surface area contributed by atoms with Gasteiger partial charge in [0.05, 0.1) is 0 Å². The van der Waals surface area contributed by atoms with Crippen LogP contribution in [0.3, 0.4) is 0 Å². The van der Waals surface area contributed by atoms with Crippen molar-refractivity contribution in [1.29, 1.82) is 0 Å². The lowest BCUT2D eigenvalue weighted by Crippen LogP contribution is -2.27. The minimum absolute atomic E-state index is 0.544. The van der Waals surface area contributed by atoms with Crippen LogP contribution in [0.15, 0.2) is 0 Å². The number of rotatable bonds is 2. The van der Waals surface area contributed by atoms with Crippen LogP contribution in [-0.2, 0) is 4.79 Å². The van der Waals surface area contributed by atoms with Gasteiger partial charge in [-0.25, -0.2) is 0 Å². The molecule has 0 aliphatic heterocycles. The third-order valence-corrected chi connectivity index (χ3v) is 4.87. The molecular weight excluding hydrogens is 196 g/mol.